The van der Waals surface area contributed by atoms with E-state index in [0.717, 1.165) is 45.5 Å². The van der Waals surface area contributed by atoms with E-state index in [9.17, 15) is 0 Å². The smallest absolute Gasteiger partial charge is 0.0726 e. The summed E-state index contributed by atoms with van der Waals surface area (Å²) in [5, 5.41) is 9.83. The third-order valence-electron chi connectivity index (χ3n) is 31.6. The van der Waals surface area contributed by atoms with Crippen molar-refractivity contribution in [2.24, 2.45) is 0 Å². The zero-order valence-electron chi connectivity index (χ0n) is 79.9. The van der Waals surface area contributed by atoms with E-state index in [-0.39, 0.29) is 0 Å². The fourth-order valence-electron chi connectivity index (χ4n) is 25.1. The standard InChI is InChI=1S/2C71H46N2/c1-2-16-47(17-3-1)48-32-39-55(40-33-48)73-69-30-13-9-26-62(69)63-45-53(36-43-70(63)73)52-21-14-20-51(44-52)49-34-37-54(38-35-49)72(68-31-15-19-50-18-4-5-22-57(50)68)56-41-42-61-60-25-8-12-29-66(60)71(67(61)46-56)64-27-10-6-23-58(64)59-24-7-11-28-65(59)71;1-2-15-47(16-3-1)49-29-37-56(38-30-49)73-69-28-13-9-24-63(69)64-45-54(34-42-70(64)73)52-20-14-19-51(43-52)50-31-35-55(36-32-50)72(57-39-33-48-17-4-5-18-53(48)44-57)58-40-41-62-61-23-8-12-27-67(61)71(68(62)46-58)65-25-10-6-21-59(65)60-22-7-11-26-66(60)71/h2*1-46H. The zero-order valence-corrected chi connectivity index (χ0v) is 79.9. The molecule has 0 aliphatic heterocycles. The van der Waals surface area contributed by atoms with Gasteiger partial charge in [0, 0.05) is 66.7 Å². The number of benzene rings is 24. The van der Waals surface area contributed by atoms with Crippen LogP contribution in [-0.4, -0.2) is 9.13 Å². The first-order chi connectivity index (χ1) is 72.4. The van der Waals surface area contributed by atoms with Crippen molar-refractivity contribution in [1.82, 2.24) is 9.13 Å². The van der Waals surface area contributed by atoms with Gasteiger partial charge in [0.1, 0.15) is 0 Å². The second-order valence-electron chi connectivity index (χ2n) is 39.2. The molecule has 4 aliphatic carbocycles. The van der Waals surface area contributed by atoms with Crippen LogP contribution in [0.15, 0.2) is 558 Å². The van der Waals surface area contributed by atoms with E-state index in [4.69, 9.17) is 0 Å². The molecule has 0 N–H and O–H groups in total. The fourth-order valence-corrected chi connectivity index (χ4v) is 25.1. The molecule has 146 heavy (non-hydrogen) atoms. The van der Waals surface area contributed by atoms with Crippen molar-refractivity contribution in [3.8, 4) is 123 Å². The summed E-state index contributed by atoms with van der Waals surface area (Å²) in [6.45, 7) is 0. The van der Waals surface area contributed by atoms with Crippen molar-refractivity contribution in [3.05, 3.63) is 603 Å². The molecule has 0 radical (unpaired) electrons. The molecule has 0 saturated carbocycles. The molecule has 4 heteroatoms. The first kappa shape index (κ1) is 83.9. The maximum absolute atomic E-state index is 2.49. The topological polar surface area (TPSA) is 16.3 Å². The molecule has 0 unspecified atom stereocenters. The normalized spacial score (nSPS) is 12.8. The number of anilines is 6. The average Bonchev–Trinajstić information content (AvgIpc) is 1.51. The van der Waals surface area contributed by atoms with Gasteiger partial charge >= 0.3 is 0 Å². The van der Waals surface area contributed by atoms with Gasteiger partial charge in [0.15, 0.2) is 0 Å². The summed E-state index contributed by atoms with van der Waals surface area (Å²) in [4.78, 5) is 4.91. The van der Waals surface area contributed by atoms with E-state index in [2.05, 4.69) is 577 Å². The zero-order chi connectivity index (χ0) is 96.1. The molecule has 2 spiro atoms. The Balaban J connectivity index is 0.000000138. The Morgan fingerprint density at radius 3 is 0.849 bits per heavy atom. The molecule has 24 aromatic carbocycles. The largest absolute Gasteiger partial charge is 0.310 e. The second-order valence-corrected chi connectivity index (χ2v) is 39.2. The lowest BCUT2D eigenvalue weighted by Crippen LogP contribution is -2.26. The van der Waals surface area contributed by atoms with Crippen molar-refractivity contribution in [2.45, 2.75) is 10.8 Å². The molecule has 0 atom stereocenters. The van der Waals surface area contributed by atoms with Crippen LogP contribution in [0.2, 0.25) is 0 Å². The maximum Gasteiger partial charge on any atom is 0.0726 e. The van der Waals surface area contributed by atoms with E-state index in [0.29, 0.717) is 0 Å². The van der Waals surface area contributed by atoms with Crippen LogP contribution >= 0.6 is 0 Å². The summed E-state index contributed by atoms with van der Waals surface area (Å²) >= 11 is 0. The van der Waals surface area contributed by atoms with Gasteiger partial charge in [-0.05, 0) is 311 Å². The van der Waals surface area contributed by atoms with Gasteiger partial charge in [-0.3, -0.25) is 0 Å². The lowest BCUT2D eigenvalue weighted by molar-refractivity contribution is 0.793. The highest BCUT2D eigenvalue weighted by molar-refractivity contribution is 6.13. The van der Waals surface area contributed by atoms with E-state index in [1.54, 1.807) is 0 Å². The van der Waals surface area contributed by atoms with Crippen LogP contribution in [0.4, 0.5) is 34.1 Å². The van der Waals surface area contributed by atoms with Crippen LogP contribution in [0.5, 0.6) is 0 Å². The van der Waals surface area contributed by atoms with Crippen LogP contribution < -0.4 is 9.80 Å². The highest BCUT2D eigenvalue weighted by Crippen LogP contribution is 2.66. The molecule has 2 aromatic heterocycles. The summed E-state index contributed by atoms with van der Waals surface area (Å²) in [5.74, 6) is 0. The highest BCUT2D eigenvalue weighted by Gasteiger charge is 2.54. The van der Waals surface area contributed by atoms with Gasteiger partial charge in [0.2, 0.25) is 0 Å². The van der Waals surface area contributed by atoms with Crippen molar-refractivity contribution in [2.75, 3.05) is 9.80 Å². The number of hydrogen-bond donors (Lipinski definition) is 0. The Bertz CT molecular complexity index is 9610. The van der Waals surface area contributed by atoms with Gasteiger partial charge in [-0.1, -0.05) is 419 Å². The quantitative estimate of drug-likeness (QED) is 0.108. The Morgan fingerprint density at radius 2 is 0.411 bits per heavy atom. The second kappa shape index (κ2) is 33.9. The number of para-hydroxylation sites is 2. The third kappa shape index (κ3) is 13.2. The van der Waals surface area contributed by atoms with Crippen LogP contribution in [-0.2, 0) is 10.8 Å². The summed E-state index contributed by atoms with van der Waals surface area (Å²) in [6, 6.07) is 207. The molecule has 2 heterocycles. The summed E-state index contributed by atoms with van der Waals surface area (Å²) in [7, 11) is 0. The number of nitrogens with zero attached hydrogens (tertiary/aromatic N) is 4. The molecule has 26 aromatic rings. The van der Waals surface area contributed by atoms with Crippen molar-refractivity contribution in [3.63, 3.8) is 0 Å². The average molecular weight is 1850 g/mol. The molecule has 0 bridgehead atoms. The van der Waals surface area contributed by atoms with Gasteiger partial charge in [-0.15, -0.1) is 0 Å². The number of hydrogen-bond acceptors (Lipinski definition) is 2. The van der Waals surface area contributed by atoms with Gasteiger partial charge in [0.25, 0.3) is 0 Å². The van der Waals surface area contributed by atoms with Crippen LogP contribution in [0.1, 0.15) is 44.5 Å². The van der Waals surface area contributed by atoms with Gasteiger partial charge < -0.3 is 18.9 Å². The predicted octanol–water partition coefficient (Wildman–Crippen LogP) is 37.5. The molecule has 30 rings (SSSR count). The minimum Gasteiger partial charge on any atom is -0.310 e. The molecule has 0 fully saturated rings. The number of rotatable bonds is 14. The van der Waals surface area contributed by atoms with Crippen molar-refractivity contribution < 1.29 is 0 Å². The number of fused-ring (bicyclic) bond motifs is 28. The van der Waals surface area contributed by atoms with E-state index in [1.807, 2.05) is 0 Å². The lowest BCUT2D eigenvalue weighted by atomic mass is 9.70. The predicted molar refractivity (Wildman–Crippen MR) is 611 cm³/mol. The van der Waals surface area contributed by atoms with Crippen LogP contribution in [0.25, 0.3) is 188 Å². The third-order valence-corrected chi connectivity index (χ3v) is 31.6. The minimum atomic E-state index is -0.439. The van der Waals surface area contributed by atoms with Gasteiger partial charge in [-0.25, -0.2) is 0 Å². The SMILES string of the molecule is c1ccc(-c2ccc(-n3c4ccccc4c4cc(-c5cccc(-c6ccc(N(c7ccc8c(c7)C7(c9ccccc9-c9ccccc97)c7ccccc7-8)c7ccc8ccccc8c7)cc6)c5)ccc43)cc2)cc1.c1ccc(-c2ccc(-n3c4ccccc4c4cc(-c5cccc(-c6ccc(N(c7ccc8c(c7)C7(c9ccccc9-c9ccccc97)c7ccccc7-8)c7cccc8ccccc78)cc6)c5)ccc43)cc2)cc1. The summed E-state index contributed by atoms with van der Waals surface area (Å²) < 4.78 is 4.80. The van der Waals surface area contributed by atoms with Crippen LogP contribution in [0, 0.1) is 0 Å². The molecule has 0 saturated heterocycles. The van der Waals surface area contributed by atoms with Crippen molar-refractivity contribution in [1.29, 1.82) is 0 Å². The van der Waals surface area contributed by atoms with E-state index >= 15 is 0 Å². The Morgan fingerprint density at radius 1 is 0.137 bits per heavy atom. The highest BCUT2D eigenvalue weighted by atomic mass is 15.2. The Labute approximate surface area is 848 Å². The lowest BCUT2D eigenvalue weighted by Gasteiger charge is -2.32. The van der Waals surface area contributed by atoms with Gasteiger partial charge in [0.05, 0.1) is 38.6 Å². The fraction of sp³-hybridized carbons (Fsp3) is 0.0141. The molecule has 4 nitrogen and oxygen atoms in total. The molecule has 680 valence electrons. The Kier molecular flexibility index (Phi) is 19.5. The maximum atomic E-state index is 2.49. The molecular weight excluding hydrogens is 1760 g/mol. The first-order valence-electron chi connectivity index (χ1n) is 50.6. The minimum absolute atomic E-state index is 0.435. The first-order valence-corrected chi connectivity index (χ1v) is 50.6. The van der Waals surface area contributed by atoms with Crippen LogP contribution in [0.3, 0.4) is 0 Å². The molecular formula is C142H92N4. The van der Waals surface area contributed by atoms with Crippen molar-refractivity contribution >= 4 is 99.3 Å². The molecule has 4 aliphatic rings. The summed E-state index contributed by atoms with van der Waals surface area (Å²) in [5.41, 5.74) is 48.4. The summed E-state index contributed by atoms with van der Waals surface area (Å²) in [6.07, 6.45) is 0. The van der Waals surface area contributed by atoms with Gasteiger partial charge in [-0.2, -0.15) is 0 Å². The number of aromatic nitrogens is 2. The Hall–Kier alpha value is -19.0. The molecule has 0 amide bonds. The van der Waals surface area contributed by atoms with E-state index < -0.39 is 10.8 Å². The monoisotopic (exact) mass is 1850 g/mol. The van der Waals surface area contributed by atoms with E-state index in [1.165, 1.54) is 221 Å².